The minimum absolute atomic E-state index is 0.220. The van der Waals surface area contributed by atoms with Crippen molar-refractivity contribution < 1.29 is 28.9 Å². The lowest BCUT2D eigenvalue weighted by atomic mass is 10.2. The number of methoxy groups -OCH3 is 1. The summed E-state index contributed by atoms with van der Waals surface area (Å²) in [7, 11) is 1.64. The van der Waals surface area contributed by atoms with Gasteiger partial charge in [0.25, 0.3) is 5.91 Å². The molecule has 0 atom stereocenters. The van der Waals surface area contributed by atoms with Crippen LogP contribution in [0.1, 0.15) is 13.8 Å². The number of benzene rings is 1. The second-order valence-corrected chi connectivity index (χ2v) is 7.60. The second kappa shape index (κ2) is 11.5. The van der Waals surface area contributed by atoms with Crippen molar-refractivity contribution in [1.29, 1.82) is 0 Å². The first kappa shape index (κ1) is 22.0. The Labute approximate surface area is 167 Å². The Morgan fingerprint density at radius 3 is 2.25 bits per heavy atom. The van der Waals surface area contributed by atoms with E-state index in [9.17, 15) is 9.59 Å². The van der Waals surface area contributed by atoms with E-state index in [2.05, 4.69) is 10.6 Å². The summed E-state index contributed by atoms with van der Waals surface area (Å²) in [6.45, 7) is 10.3. The highest BCUT2D eigenvalue weighted by molar-refractivity contribution is 5.94. The van der Waals surface area contributed by atoms with Gasteiger partial charge >= 0.3 is 6.03 Å². The lowest BCUT2D eigenvalue weighted by Crippen LogP contribution is -3.28. The van der Waals surface area contributed by atoms with Gasteiger partial charge in [-0.05, 0) is 30.2 Å². The van der Waals surface area contributed by atoms with Crippen LogP contribution in [0.3, 0.4) is 0 Å². The molecule has 1 aliphatic rings. The van der Waals surface area contributed by atoms with Crippen LogP contribution in [0, 0.1) is 5.92 Å². The molecule has 8 nitrogen and oxygen atoms in total. The predicted molar refractivity (Wildman–Crippen MR) is 106 cm³/mol. The van der Waals surface area contributed by atoms with Crippen molar-refractivity contribution in [3.8, 4) is 11.5 Å². The van der Waals surface area contributed by atoms with Crippen LogP contribution in [-0.4, -0.2) is 71.5 Å². The molecule has 28 heavy (non-hydrogen) atoms. The third kappa shape index (κ3) is 8.14. The number of ether oxygens (including phenoxy) is 2. The summed E-state index contributed by atoms with van der Waals surface area (Å²) < 4.78 is 10.9. The summed E-state index contributed by atoms with van der Waals surface area (Å²) >= 11 is 0. The number of imide groups is 1. The number of nitrogens with one attached hydrogen (secondary N) is 4. The molecule has 0 aromatic heterocycles. The van der Waals surface area contributed by atoms with E-state index in [0.29, 0.717) is 25.6 Å². The third-order valence-electron chi connectivity index (χ3n) is 4.78. The summed E-state index contributed by atoms with van der Waals surface area (Å²) in [5, 5.41) is 5.10. The van der Waals surface area contributed by atoms with Gasteiger partial charge in [-0.25, -0.2) is 4.79 Å². The molecule has 8 heteroatoms. The maximum Gasteiger partial charge on any atom is 0.321 e. The molecule has 0 unspecified atom stereocenters. The zero-order valence-corrected chi connectivity index (χ0v) is 17.2. The van der Waals surface area contributed by atoms with E-state index in [4.69, 9.17) is 9.47 Å². The van der Waals surface area contributed by atoms with Crippen molar-refractivity contribution in [3.63, 3.8) is 0 Å². The van der Waals surface area contributed by atoms with Gasteiger partial charge in [0.1, 0.15) is 50.8 Å². The van der Waals surface area contributed by atoms with Crippen LogP contribution in [0.5, 0.6) is 11.5 Å². The first-order valence-corrected chi connectivity index (χ1v) is 9.98. The van der Waals surface area contributed by atoms with Crippen LogP contribution in [0.15, 0.2) is 24.3 Å². The summed E-state index contributed by atoms with van der Waals surface area (Å²) in [6.07, 6.45) is 0. The third-order valence-corrected chi connectivity index (χ3v) is 4.78. The van der Waals surface area contributed by atoms with E-state index in [0.717, 1.165) is 44.2 Å². The van der Waals surface area contributed by atoms with Gasteiger partial charge in [-0.1, -0.05) is 13.8 Å². The molecule has 2 rings (SSSR count). The maximum atomic E-state index is 12.0. The zero-order valence-electron chi connectivity index (χ0n) is 17.2. The second-order valence-electron chi connectivity index (χ2n) is 7.60. The molecule has 1 saturated heterocycles. The van der Waals surface area contributed by atoms with Crippen LogP contribution in [0.25, 0.3) is 0 Å². The van der Waals surface area contributed by atoms with Gasteiger partial charge in [0.2, 0.25) is 0 Å². The van der Waals surface area contributed by atoms with E-state index in [-0.39, 0.29) is 5.91 Å². The summed E-state index contributed by atoms with van der Waals surface area (Å²) in [4.78, 5) is 26.3. The number of carbonyl (C=O) groups excluding carboxylic acids is 2. The van der Waals surface area contributed by atoms with Crippen molar-refractivity contribution in [2.45, 2.75) is 13.8 Å². The van der Waals surface area contributed by atoms with Crippen molar-refractivity contribution >= 4 is 11.9 Å². The highest BCUT2D eigenvalue weighted by atomic mass is 16.5. The van der Waals surface area contributed by atoms with Gasteiger partial charge < -0.3 is 24.6 Å². The zero-order chi connectivity index (χ0) is 20.4. The minimum atomic E-state index is -0.405. The van der Waals surface area contributed by atoms with E-state index in [1.54, 1.807) is 7.11 Å². The normalized spacial score (nSPS) is 19.1. The molecular formula is C20H34N4O4+2. The fourth-order valence-corrected chi connectivity index (χ4v) is 3.11. The molecule has 1 aromatic rings. The number of rotatable bonds is 9. The van der Waals surface area contributed by atoms with Crippen LogP contribution >= 0.6 is 0 Å². The molecule has 1 aromatic carbocycles. The van der Waals surface area contributed by atoms with E-state index >= 15 is 0 Å². The van der Waals surface area contributed by atoms with Crippen molar-refractivity contribution in [2.24, 2.45) is 5.92 Å². The fraction of sp³-hybridized carbons (Fsp3) is 0.600. The Kier molecular flexibility index (Phi) is 9.03. The van der Waals surface area contributed by atoms with Crippen LogP contribution in [0.2, 0.25) is 0 Å². The Balaban J connectivity index is 1.59. The highest BCUT2D eigenvalue weighted by Crippen LogP contribution is 2.16. The first-order valence-electron chi connectivity index (χ1n) is 9.98. The van der Waals surface area contributed by atoms with Crippen LogP contribution in [-0.2, 0) is 4.79 Å². The SMILES string of the molecule is COc1ccc(OCC[NH+]2CC[NH+](CC(=O)NC(=O)NCC(C)C)CC2)cc1. The Morgan fingerprint density at radius 1 is 1.04 bits per heavy atom. The molecule has 1 fully saturated rings. The molecule has 1 aliphatic heterocycles. The molecular weight excluding hydrogens is 360 g/mol. The van der Waals surface area contributed by atoms with E-state index in [1.165, 1.54) is 9.80 Å². The molecule has 4 N–H and O–H groups in total. The Morgan fingerprint density at radius 2 is 1.64 bits per heavy atom. The summed E-state index contributed by atoms with van der Waals surface area (Å²) in [5.74, 6) is 1.80. The number of hydrogen-bond donors (Lipinski definition) is 4. The lowest BCUT2D eigenvalue weighted by molar-refractivity contribution is -1.01. The molecule has 3 amide bonds. The number of carbonyl (C=O) groups is 2. The van der Waals surface area contributed by atoms with Crippen molar-refractivity contribution in [3.05, 3.63) is 24.3 Å². The van der Waals surface area contributed by atoms with Crippen molar-refractivity contribution in [1.82, 2.24) is 10.6 Å². The Bertz CT molecular complexity index is 613. The van der Waals surface area contributed by atoms with Gasteiger partial charge in [0.05, 0.1) is 7.11 Å². The fourth-order valence-electron chi connectivity index (χ4n) is 3.11. The van der Waals surface area contributed by atoms with Crippen LogP contribution < -0.4 is 29.9 Å². The van der Waals surface area contributed by atoms with Gasteiger partial charge in [-0.3, -0.25) is 10.1 Å². The highest BCUT2D eigenvalue weighted by Gasteiger charge is 2.25. The molecule has 0 saturated carbocycles. The van der Waals surface area contributed by atoms with Gasteiger partial charge in [0, 0.05) is 6.54 Å². The number of hydrogen-bond acceptors (Lipinski definition) is 4. The maximum absolute atomic E-state index is 12.0. The number of quaternary nitrogens is 2. The molecule has 1 heterocycles. The summed E-state index contributed by atoms with van der Waals surface area (Å²) in [5.41, 5.74) is 0. The average Bonchev–Trinajstić information content (AvgIpc) is 2.68. The number of piperazine rings is 1. The molecule has 0 bridgehead atoms. The largest absolute Gasteiger partial charge is 0.497 e. The molecule has 156 valence electrons. The number of amides is 3. The quantitative estimate of drug-likeness (QED) is 0.404. The number of urea groups is 1. The standard InChI is InChI=1S/C20H32N4O4/c1-16(2)14-21-20(26)22-19(25)15-24-10-8-23(9-11-24)12-13-28-18-6-4-17(27-3)5-7-18/h4-7,16H,8-15H2,1-3H3,(H2,21,22,25,26)/p+2. The molecule has 0 aliphatic carbocycles. The van der Waals surface area contributed by atoms with E-state index < -0.39 is 6.03 Å². The smallest absolute Gasteiger partial charge is 0.321 e. The van der Waals surface area contributed by atoms with Gasteiger partial charge in [-0.15, -0.1) is 0 Å². The van der Waals surface area contributed by atoms with Gasteiger partial charge in [-0.2, -0.15) is 0 Å². The molecule has 0 radical (unpaired) electrons. The predicted octanol–water partition coefficient (Wildman–Crippen LogP) is -1.66. The first-order chi connectivity index (χ1) is 13.5. The van der Waals surface area contributed by atoms with Crippen molar-refractivity contribution in [2.75, 3.05) is 59.5 Å². The Hall–Kier alpha value is -2.32. The average molecular weight is 395 g/mol. The molecule has 0 spiro atoms. The van der Waals surface area contributed by atoms with E-state index in [1.807, 2.05) is 38.1 Å². The summed E-state index contributed by atoms with van der Waals surface area (Å²) in [6, 6.07) is 7.19. The lowest BCUT2D eigenvalue weighted by Gasteiger charge is -2.29. The monoisotopic (exact) mass is 394 g/mol. The minimum Gasteiger partial charge on any atom is -0.497 e. The van der Waals surface area contributed by atoms with Crippen LogP contribution in [0.4, 0.5) is 4.79 Å². The topological polar surface area (TPSA) is 85.5 Å². The van der Waals surface area contributed by atoms with Gasteiger partial charge in [0.15, 0.2) is 6.54 Å².